The van der Waals surface area contributed by atoms with Crippen LogP contribution in [0.25, 0.3) is 0 Å². The van der Waals surface area contributed by atoms with Gasteiger partial charge in [0.05, 0.1) is 12.1 Å². The van der Waals surface area contributed by atoms with Crippen LogP contribution < -0.4 is 11.1 Å². The van der Waals surface area contributed by atoms with Gasteiger partial charge in [0.15, 0.2) is 0 Å². The highest BCUT2D eigenvalue weighted by molar-refractivity contribution is 5.84. The highest BCUT2D eigenvalue weighted by atomic mass is 16.5. The van der Waals surface area contributed by atoms with Crippen LogP contribution in [0.1, 0.15) is 26.2 Å². The molecule has 0 saturated heterocycles. The maximum atomic E-state index is 11.4. The first kappa shape index (κ1) is 19.3. The predicted octanol–water partition coefficient (Wildman–Crippen LogP) is 0.215. The molecule has 0 aliphatic heterocycles. The van der Waals surface area contributed by atoms with Gasteiger partial charge in [-0.25, -0.2) is 0 Å². The van der Waals surface area contributed by atoms with Crippen LogP contribution in [0.15, 0.2) is 0 Å². The van der Waals surface area contributed by atoms with Crippen molar-refractivity contribution in [2.45, 2.75) is 31.7 Å². The minimum atomic E-state index is -0.626. The van der Waals surface area contributed by atoms with Crippen molar-refractivity contribution in [3.8, 4) is 0 Å². The summed E-state index contributed by atoms with van der Waals surface area (Å²) in [5, 5.41) is 3.01. The first-order valence-electron chi connectivity index (χ1n) is 7.19. The zero-order chi connectivity index (χ0) is 15.4. The molecule has 0 saturated carbocycles. The van der Waals surface area contributed by atoms with Gasteiger partial charge in [0, 0.05) is 33.9 Å². The number of amides is 1. The molecule has 0 bridgehead atoms. The Balaban J connectivity index is 4.13. The van der Waals surface area contributed by atoms with Crippen molar-refractivity contribution in [3.63, 3.8) is 0 Å². The molecule has 0 aliphatic rings. The minimum absolute atomic E-state index is 0.303. The molecule has 0 fully saturated rings. The van der Waals surface area contributed by atoms with Gasteiger partial charge < -0.3 is 25.4 Å². The normalized spacial score (nSPS) is 14.4. The number of hydrogen-bond donors (Lipinski definition) is 2. The Bertz CT molecular complexity index is 264. The fraction of sp³-hybridized carbons (Fsp3) is 0.929. The number of nitrogens with zero attached hydrogens (tertiary/aromatic N) is 1. The van der Waals surface area contributed by atoms with Crippen LogP contribution in [0.5, 0.6) is 0 Å². The first-order valence-corrected chi connectivity index (χ1v) is 7.19. The van der Waals surface area contributed by atoms with Gasteiger partial charge in [-0.3, -0.25) is 4.79 Å². The summed E-state index contributed by atoms with van der Waals surface area (Å²) in [5.74, 6) is -0.303. The standard InChI is InChI=1S/C14H31N3O3/c1-14(16-2,13(15)18)7-5-8-17(10-12-20-4)9-6-11-19-3/h16H,5-12H2,1-4H3,(H2,15,18). The molecule has 6 heteroatoms. The number of likely N-dealkylation sites (N-methyl/N-ethyl adjacent to an activating group) is 1. The summed E-state index contributed by atoms with van der Waals surface area (Å²) in [6, 6.07) is 0. The lowest BCUT2D eigenvalue weighted by atomic mass is 9.95. The summed E-state index contributed by atoms with van der Waals surface area (Å²) in [6.45, 7) is 6.12. The summed E-state index contributed by atoms with van der Waals surface area (Å²) in [4.78, 5) is 13.8. The molecule has 0 rings (SSSR count). The van der Waals surface area contributed by atoms with E-state index in [2.05, 4.69) is 10.2 Å². The Morgan fingerprint density at radius 3 is 2.25 bits per heavy atom. The van der Waals surface area contributed by atoms with Crippen LogP contribution in [0.4, 0.5) is 0 Å². The molecule has 3 N–H and O–H groups in total. The number of nitrogens with two attached hydrogens (primary N) is 1. The van der Waals surface area contributed by atoms with Crippen molar-refractivity contribution in [1.29, 1.82) is 0 Å². The molecule has 0 aromatic carbocycles. The molecule has 6 nitrogen and oxygen atoms in total. The summed E-state index contributed by atoms with van der Waals surface area (Å²) < 4.78 is 10.2. The zero-order valence-corrected chi connectivity index (χ0v) is 13.4. The van der Waals surface area contributed by atoms with Crippen LogP contribution in [-0.4, -0.2) is 70.5 Å². The van der Waals surface area contributed by atoms with E-state index >= 15 is 0 Å². The molecule has 0 aromatic heterocycles. The van der Waals surface area contributed by atoms with E-state index in [4.69, 9.17) is 15.2 Å². The summed E-state index contributed by atoms with van der Waals surface area (Å²) in [6.07, 6.45) is 2.64. The molecular formula is C14H31N3O3. The van der Waals surface area contributed by atoms with E-state index < -0.39 is 5.54 Å². The molecule has 1 unspecified atom stereocenters. The second-order valence-corrected chi connectivity index (χ2v) is 5.23. The maximum Gasteiger partial charge on any atom is 0.237 e. The largest absolute Gasteiger partial charge is 0.385 e. The molecule has 0 aromatic rings. The van der Waals surface area contributed by atoms with Crippen LogP contribution in [0, 0.1) is 0 Å². The Morgan fingerprint density at radius 1 is 1.15 bits per heavy atom. The van der Waals surface area contributed by atoms with Crippen LogP contribution >= 0.6 is 0 Å². The van der Waals surface area contributed by atoms with Crippen LogP contribution in [0.2, 0.25) is 0 Å². The van der Waals surface area contributed by atoms with Gasteiger partial charge in [-0.15, -0.1) is 0 Å². The van der Waals surface area contributed by atoms with Crippen molar-refractivity contribution in [3.05, 3.63) is 0 Å². The van der Waals surface area contributed by atoms with Crippen molar-refractivity contribution in [1.82, 2.24) is 10.2 Å². The van der Waals surface area contributed by atoms with Crippen molar-refractivity contribution in [2.24, 2.45) is 5.73 Å². The third-order valence-corrected chi connectivity index (χ3v) is 3.68. The third-order valence-electron chi connectivity index (χ3n) is 3.68. The van der Waals surface area contributed by atoms with Gasteiger partial charge in [0.2, 0.25) is 5.91 Å². The highest BCUT2D eigenvalue weighted by Crippen LogP contribution is 2.12. The van der Waals surface area contributed by atoms with E-state index in [1.54, 1.807) is 21.3 Å². The number of methoxy groups -OCH3 is 2. The number of ether oxygens (including phenoxy) is 2. The van der Waals surface area contributed by atoms with Gasteiger partial charge in [-0.1, -0.05) is 0 Å². The number of carbonyl (C=O) groups is 1. The SMILES string of the molecule is CNC(C)(CCCN(CCCOC)CCOC)C(N)=O. The second kappa shape index (κ2) is 11.0. The van der Waals surface area contributed by atoms with Gasteiger partial charge in [-0.2, -0.15) is 0 Å². The van der Waals surface area contributed by atoms with Crippen molar-refractivity contribution >= 4 is 5.91 Å². The summed E-state index contributed by atoms with van der Waals surface area (Å²) in [7, 11) is 5.19. The van der Waals surface area contributed by atoms with E-state index in [0.29, 0.717) is 6.61 Å². The first-order chi connectivity index (χ1) is 9.50. The summed E-state index contributed by atoms with van der Waals surface area (Å²) >= 11 is 0. The topological polar surface area (TPSA) is 76.8 Å². The highest BCUT2D eigenvalue weighted by Gasteiger charge is 2.28. The summed E-state index contributed by atoms with van der Waals surface area (Å²) in [5.41, 5.74) is 4.80. The number of rotatable bonds is 13. The molecule has 0 spiro atoms. The maximum absolute atomic E-state index is 11.4. The number of hydrogen-bond acceptors (Lipinski definition) is 5. The van der Waals surface area contributed by atoms with Crippen LogP contribution in [0.3, 0.4) is 0 Å². The number of nitrogens with one attached hydrogen (secondary N) is 1. The van der Waals surface area contributed by atoms with E-state index in [1.807, 2.05) is 6.92 Å². The molecule has 1 amide bonds. The lowest BCUT2D eigenvalue weighted by Crippen LogP contribution is -2.51. The quantitative estimate of drug-likeness (QED) is 0.474. The average molecular weight is 289 g/mol. The van der Waals surface area contributed by atoms with Gasteiger partial charge >= 0.3 is 0 Å². The van der Waals surface area contributed by atoms with Gasteiger partial charge in [-0.05, 0) is 39.8 Å². The minimum Gasteiger partial charge on any atom is -0.385 e. The Labute approximate surface area is 123 Å². The number of primary amides is 1. The Hall–Kier alpha value is -0.690. The molecule has 20 heavy (non-hydrogen) atoms. The molecule has 0 aliphatic carbocycles. The zero-order valence-electron chi connectivity index (χ0n) is 13.4. The Morgan fingerprint density at radius 2 is 1.75 bits per heavy atom. The fourth-order valence-corrected chi connectivity index (χ4v) is 2.02. The van der Waals surface area contributed by atoms with Crippen LogP contribution in [-0.2, 0) is 14.3 Å². The van der Waals surface area contributed by atoms with E-state index in [0.717, 1.165) is 45.5 Å². The average Bonchev–Trinajstić information content (AvgIpc) is 2.43. The van der Waals surface area contributed by atoms with Crippen molar-refractivity contribution in [2.75, 3.05) is 54.1 Å². The third kappa shape index (κ3) is 7.79. The fourth-order valence-electron chi connectivity index (χ4n) is 2.02. The van der Waals surface area contributed by atoms with Crippen molar-refractivity contribution < 1.29 is 14.3 Å². The molecular weight excluding hydrogens is 258 g/mol. The lowest BCUT2D eigenvalue weighted by molar-refractivity contribution is -0.123. The smallest absolute Gasteiger partial charge is 0.237 e. The number of carbonyl (C=O) groups excluding carboxylic acids is 1. The molecule has 0 radical (unpaired) electrons. The molecule has 120 valence electrons. The Kier molecular flexibility index (Phi) is 10.6. The molecule has 1 atom stereocenters. The van der Waals surface area contributed by atoms with E-state index in [1.165, 1.54) is 0 Å². The van der Waals surface area contributed by atoms with Gasteiger partial charge in [0.25, 0.3) is 0 Å². The monoisotopic (exact) mass is 289 g/mol. The lowest BCUT2D eigenvalue weighted by Gasteiger charge is -2.27. The molecule has 0 heterocycles. The second-order valence-electron chi connectivity index (χ2n) is 5.23. The van der Waals surface area contributed by atoms with E-state index in [9.17, 15) is 4.79 Å². The predicted molar refractivity (Wildman–Crippen MR) is 80.7 cm³/mol. The van der Waals surface area contributed by atoms with E-state index in [-0.39, 0.29) is 5.91 Å². The van der Waals surface area contributed by atoms with Gasteiger partial charge in [0.1, 0.15) is 0 Å².